The zero-order valence-electron chi connectivity index (χ0n) is 19.8. The highest BCUT2D eigenvalue weighted by Crippen LogP contribution is 2.18. The number of para-hydroxylation sites is 6. The predicted octanol–water partition coefficient (Wildman–Crippen LogP) is 4.72. The molecule has 0 saturated heterocycles. The maximum absolute atomic E-state index is 4.60. The van der Waals surface area contributed by atoms with Crippen molar-refractivity contribution in [3.8, 4) is 0 Å². The SMILES string of the molecule is c1ccc2c(c1)ncn2Cc1cc(C[n+]2c[nH]c3ccccc32)cc(C[n+]2c[nH]c3ccccc32)c1. The van der Waals surface area contributed by atoms with E-state index in [-0.39, 0.29) is 0 Å². The average Bonchev–Trinajstić information content (AvgIpc) is 3.62. The van der Waals surface area contributed by atoms with Crippen molar-refractivity contribution in [2.24, 2.45) is 0 Å². The molecular formula is C30H26N6+2. The molecule has 0 bridgehead atoms. The van der Waals surface area contributed by atoms with Gasteiger partial charge in [-0.1, -0.05) is 48.5 Å². The zero-order chi connectivity index (χ0) is 23.9. The Morgan fingerprint density at radius 1 is 0.639 bits per heavy atom. The topological polar surface area (TPSA) is 57.2 Å². The largest absolute Gasteiger partial charge is 0.326 e. The minimum atomic E-state index is 0.776. The van der Waals surface area contributed by atoms with Gasteiger partial charge in [0.05, 0.1) is 17.4 Å². The van der Waals surface area contributed by atoms with E-state index in [1.807, 2.05) is 12.4 Å². The number of hydrogen-bond donors (Lipinski definition) is 2. The number of rotatable bonds is 6. The Hall–Kier alpha value is -4.71. The van der Waals surface area contributed by atoms with Crippen molar-refractivity contribution in [1.29, 1.82) is 0 Å². The van der Waals surface area contributed by atoms with Crippen LogP contribution in [-0.2, 0) is 19.6 Å². The van der Waals surface area contributed by atoms with Crippen molar-refractivity contribution in [1.82, 2.24) is 19.5 Å². The third kappa shape index (κ3) is 3.73. The third-order valence-electron chi connectivity index (χ3n) is 6.88. The number of H-pyrrole nitrogens is 2. The molecule has 2 N–H and O–H groups in total. The van der Waals surface area contributed by atoms with Crippen LogP contribution in [0.25, 0.3) is 33.1 Å². The van der Waals surface area contributed by atoms with Crippen LogP contribution >= 0.6 is 0 Å². The molecule has 36 heavy (non-hydrogen) atoms. The van der Waals surface area contributed by atoms with Crippen LogP contribution in [0.2, 0.25) is 0 Å². The van der Waals surface area contributed by atoms with Gasteiger partial charge in [-0.15, -0.1) is 0 Å². The first-order chi connectivity index (χ1) is 17.8. The second-order valence-electron chi connectivity index (χ2n) is 9.36. The molecule has 0 aliphatic carbocycles. The number of nitrogens with zero attached hydrogens (tertiary/aromatic N) is 4. The standard InChI is InChI=1S/C30H24N6/c1-4-10-28-25(7-1)31-19-34(28)16-22-13-23(17-35-20-32-26-8-2-5-11-29(26)35)15-24(14-22)18-36-21-33-27-9-3-6-12-30(27)36/h1-15,19-21H,16-18H2/p+2. The lowest BCUT2D eigenvalue weighted by molar-refractivity contribution is -0.663. The first-order valence-corrected chi connectivity index (χ1v) is 12.2. The van der Waals surface area contributed by atoms with E-state index in [0.717, 1.165) is 41.7 Å². The van der Waals surface area contributed by atoms with E-state index in [0.29, 0.717) is 0 Å². The van der Waals surface area contributed by atoms with Crippen LogP contribution < -0.4 is 9.13 Å². The lowest BCUT2D eigenvalue weighted by Gasteiger charge is -2.10. The van der Waals surface area contributed by atoms with Crippen LogP contribution in [0.1, 0.15) is 16.7 Å². The van der Waals surface area contributed by atoms with Crippen molar-refractivity contribution in [2.75, 3.05) is 0 Å². The highest BCUT2D eigenvalue weighted by molar-refractivity contribution is 5.75. The van der Waals surface area contributed by atoms with E-state index < -0.39 is 0 Å². The summed E-state index contributed by atoms with van der Waals surface area (Å²) in [6, 6.07) is 32.2. The summed E-state index contributed by atoms with van der Waals surface area (Å²) in [5, 5.41) is 0. The zero-order valence-corrected chi connectivity index (χ0v) is 19.8. The van der Waals surface area contributed by atoms with E-state index in [1.165, 1.54) is 27.7 Å². The quantitative estimate of drug-likeness (QED) is 0.340. The summed E-state index contributed by atoms with van der Waals surface area (Å²) < 4.78 is 6.79. The highest BCUT2D eigenvalue weighted by Gasteiger charge is 2.14. The van der Waals surface area contributed by atoms with Crippen molar-refractivity contribution < 1.29 is 9.13 Å². The van der Waals surface area contributed by atoms with Gasteiger partial charge in [-0.05, 0) is 59.2 Å². The predicted molar refractivity (Wildman–Crippen MR) is 140 cm³/mol. The number of hydrogen-bond acceptors (Lipinski definition) is 1. The lowest BCUT2D eigenvalue weighted by Crippen LogP contribution is -2.34. The van der Waals surface area contributed by atoms with E-state index in [2.05, 4.69) is 126 Å². The Morgan fingerprint density at radius 3 is 1.86 bits per heavy atom. The maximum Gasteiger partial charge on any atom is 0.242 e. The number of imidazole rings is 3. The van der Waals surface area contributed by atoms with Crippen LogP contribution in [0.15, 0.2) is 110 Å². The van der Waals surface area contributed by atoms with Crippen LogP contribution in [0.3, 0.4) is 0 Å². The van der Waals surface area contributed by atoms with E-state index in [1.54, 1.807) is 0 Å². The van der Waals surface area contributed by atoms with Crippen molar-refractivity contribution in [2.45, 2.75) is 19.6 Å². The Morgan fingerprint density at radius 2 is 1.19 bits per heavy atom. The van der Waals surface area contributed by atoms with Gasteiger partial charge >= 0.3 is 0 Å². The van der Waals surface area contributed by atoms with Gasteiger partial charge < -0.3 is 4.57 Å². The summed E-state index contributed by atoms with van der Waals surface area (Å²) in [6.07, 6.45) is 6.07. The summed E-state index contributed by atoms with van der Waals surface area (Å²) >= 11 is 0. The summed E-state index contributed by atoms with van der Waals surface area (Å²) in [5.74, 6) is 0. The fourth-order valence-corrected chi connectivity index (χ4v) is 5.23. The van der Waals surface area contributed by atoms with Gasteiger partial charge in [0.15, 0.2) is 22.1 Å². The van der Waals surface area contributed by atoms with Crippen LogP contribution in [0.4, 0.5) is 0 Å². The minimum absolute atomic E-state index is 0.776. The second kappa shape index (κ2) is 8.50. The number of fused-ring (bicyclic) bond motifs is 3. The Kier molecular flexibility index (Phi) is 4.87. The Bertz CT molecular complexity index is 1610. The molecule has 0 unspecified atom stereocenters. The molecule has 7 rings (SSSR count). The lowest BCUT2D eigenvalue weighted by atomic mass is 10.0. The van der Waals surface area contributed by atoms with Gasteiger partial charge in [-0.25, -0.2) is 24.1 Å². The molecule has 0 radical (unpaired) electrons. The third-order valence-corrected chi connectivity index (χ3v) is 6.88. The molecule has 0 aliphatic heterocycles. The van der Waals surface area contributed by atoms with Gasteiger partial charge in [0.2, 0.25) is 12.7 Å². The molecule has 0 saturated carbocycles. The fourth-order valence-electron chi connectivity index (χ4n) is 5.23. The molecular weight excluding hydrogens is 444 g/mol. The number of aromatic amines is 2. The first kappa shape index (κ1) is 20.6. The van der Waals surface area contributed by atoms with Gasteiger partial charge in [-0.3, -0.25) is 0 Å². The summed E-state index contributed by atoms with van der Waals surface area (Å²) in [5.41, 5.74) is 10.7. The van der Waals surface area contributed by atoms with Crippen LogP contribution in [-0.4, -0.2) is 19.5 Å². The normalized spacial score (nSPS) is 11.7. The molecule has 0 aliphatic rings. The molecule has 4 aromatic carbocycles. The van der Waals surface area contributed by atoms with Crippen molar-refractivity contribution in [3.05, 3.63) is 127 Å². The molecule has 0 fully saturated rings. The fraction of sp³-hybridized carbons (Fsp3) is 0.100. The van der Waals surface area contributed by atoms with E-state index >= 15 is 0 Å². The monoisotopic (exact) mass is 470 g/mol. The second-order valence-corrected chi connectivity index (χ2v) is 9.36. The van der Waals surface area contributed by atoms with E-state index in [9.17, 15) is 0 Å². The van der Waals surface area contributed by atoms with Crippen molar-refractivity contribution in [3.63, 3.8) is 0 Å². The smallest absolute Gasteiger partial charge is 0.242 e. The minimum Gasteiger partial charge on any atom is -0.326 e. The maximum atomic E-state index is 4.60. The summed E-state index contributed by atoms with van der Waals surface area (Å²) in [6.45, 7) is 2.38. The van der Waals surface area contributed by atoms with Crippen LogP contribution in [0.5, 0.6) is 0 Å². The molecule has 0 atom stereocenters. The van der Waals surface area contributed by atoms with E-state index in [4.69, 9.17) is 0 Å². The van der Waals surface area contributed by atoms with Crippen molar-refractivity contribution >= 4 is 33.1 Å². The molecule has 3 heterocycles. The highest BCUT2D eigenvalue weighted by atomic mass is 15.1. The average molecular weight is 471 g/mol. The molecule has 174 valence electrons. The van der Waals surface area contributed by atoms with Gasteiger partial charge in [0.1, 0.15) is 13.1 Å². The molecule has 6 nitrogen and oxygen atoms in total. The number of nitrogens with one attached hydrogen (secondary N) is 2. The van der Waals surface area contributed by atoms with Gasteiger partial charge in [0.25, 0.3) is 0 Å². The first-order valence-electron chi connectivity index (χ1n) is 12.2. The molecule has 0 amide bonds. The molecule has 0 spiro atoms. The Balaban J connectivity index is 1.29. The molecule has 7 aromatic rings. The number of aromatic nitrogens is 6. The van der Waals surface area contributed by atoms with Crippen LogP contribution in [0, 0.1) is 0 Å². The van der Waals surface area contributed by atoms with Gasteiger partial charge in [-0.2, -0.15) is 0 Å². The van der Waals surface area contributed by atoms with Gasteiger partial charge in [0, 0.05) is 6.54 Å². The summed E-state index contributed by atoms with van der Waals surface area (Å²) in [7, 11) is 0. The molecule has 6 heteroatoms. The number of benzene rings is 4. The molecule has 3 aromatic heterocycles. The Labute approximate surface area is 208 Å². The summed E-state index contributed by atoms with van der Waals surface area (Å²) in [4.78, 5) is 11.4.